The number of fused-ring (bicyclic) bond motifs is 2. The van der Waals surface area contributed by atoms with E-state index < -0.39 is 10.0 Å². The summed E-state index contributed by atoms with van der Waals surface area (Å²) in [5.74, 6) is 0.371. The minimum absolute atomic E-state index is 0.0118. The van der Waals surface area contributed by atoms with Gasteiger partial charge in [0.25, 0.3) is 0 Å². The van der Waals surface area contributed by atoms with E-state index in [9.17, 15) is 13.2 Å². The topological polar surface area (TPSA) is 82.6 Å². The molecule has 0 aromatic carbocycles. The fourth-order valence-corrected chi connectivity index (χ4v) is 5.07. The predicted molar refractivity (Wildman–Crippen MR) is 89.9 cm³/mol. The van der Waals surface area contributed by atoms with Crippen LogP contribution in [0.3, 0.4) is 0 Å². The molecule has 1 saturated heterocycles. The van der Waals surface area contributed by atoms with Crippen LogP contribution in [0.5, 0.6) is 0 Å². The number of rotatable bonds is 5. The molecule has 7 nitrogen and oxygen atoms in total. The number of piperidine rings is 1. The Labute approximate surface area is 143 Å². The summed E-state index contributed by atoms with van der Waals surface area (Å²) in [4.78, 5) is 20.3. The molecule has 1 aromatic heterocycles. The van der Waals surface area contributed by atoms with Crippen molar-refractivity contribution in [3.63, 3.8) is 0 Å². The number of carbonyl (C=O) groups is 1. The van der Waals surface area contributed by atoms with Crippen molar-refractivity contribution in [2.24, 2.45) is 5.92 Å². The van der Waals surface area contributed by atoms with Gasteiger partial charge in [0.05, 0.1) is 6.04 Å². The Balaban J connectivity index is 1.74. The molecule has 24 heavy (non-hydrogen) atoms. The Morgan fingerprint density at radius 1 is 1.38 bits per heavy atom. The second-order valence-electron chi connectivity index (χ2n) is 6.43. The fraction of sp³-hybridized carbons (Fsp3) is 0.625. The van der Waals surface area contributed by atoms with Crippen LogP contribution < -0.4 is 4.72 Å². The molecule has 0 radical (unpaired) electrons. The molecule has 1 N–H and O–H groups in total. The quantitative estimate of drug-likeness (QED) is 0.865. The van der Waals surface area contributed by atoms with E-state index in [1.165, 1.54) is 12.3 Å². The highest BCUT2D eigenvalue weighted by molar-refractivity contribution is 7.89. The standard InChI is InChI=1S/C16H24N4O3S/c1-3-19(4-2)16(21)20-11-12-8-14(15(20)9-12)18-24(22,23)13-6-5-7-17-10-13/h5-7,10,12,14-15,18H,3-4,8-9,11H2,1-2H3. The number of urea groups is 1. The van der Waals surface area contributed by atoms with Gasteiger partial charge in [-0.15, -0.1) is 0 Å². The van der Waals surface area contributed by atoms with Crippen LogP contribution in [-0.2, 0) is 10.0 Å². The van der Waals surface area contributed by atoms with Gasteiger partial charge < -0.3 is 9.80 Å². The summed E-state index contributed by atoms with van der Waals surface area (Å²) < 4.78 is 27.8. The monoisotopic (exact) mass is 352 g/mol. The first kappa shape index (κ1) is 17.2. The maximum Gasteiger partial charge on any atom is 0.320 e. The van der Waals surface area contributed by atoms with Crippen LogP contribution >= 0.6 is 0 Å². The number of nitrogens with zero attached hydrogens (tertiary/aromatic N) is 3. The fourth-order valence-electron chi connectivity index (χ4n) is 3.82. The van der Waals surface area contributed by atoms with Crippen LogP contribution in [0, 0.1) is 5.92 Å². The average Bonchev–Trinajstić information content (AvgIpc) is 3.16. The molecule has 1 aliphatic heterocycles. The molecular weight excluding hydrogens is 328 g/mol. The number of likely N-dealkylation sites (tertiary alicyclic amines) is 1. The molecule has 3 atom stereocenters. The van der Waals surface area contributed by atoms with Gasteiger partial charge in [-0.05, 0) is 44.7 Å². The van der Waals surface area contributed by atoms with Gasteiger partial charge in [-0.3, -0.25) is 4.98 Å². The van der Waals surface area contributed by atoms with Crippen molar-refractivity contribution in [2.75, 3.05) is 19.6 Å². The van der Waals surface area contributed by atoms with Gasteiger partial charge in [-0.2, -0.15) is 0 Å². The maximum absolute atomic E-state index is 12.6. The highest BCUT2D eigenvalue weighted by atomic mass is 32.2. The van der Waals surface area contributed by atoms with E-state index in [1.54, 1.807) is 17.2 Å². The Kier molecular flexibility index (Phi) is 4.78. The summed E-state index contributed by atoms with van der Waals surface area (Å²) in [5.41, 5.74) is 0. The average molecular weight is 352 g/mol. The number of hydrogen-bond acceptors (Lipinski definition) is 4. The first-order chi connectivity index (χ1) is 11.5. The van der Waals surface area contributed by atoms with Crippen LogP contribution in [0.15, 0.2) is 29.4 Å². The summed E-state index contributed by atoms with van der Waals surface area (Å²) in [6, 6.07) is 2.85. The van der Waals surface area contributed by atoms with Crippen LogP contribution in [0.4, 0.5) is 4.79 Å². The molecular formula is C16H24N4O3S. The highest BCUT2D eigenvalue weighted by Crippen LogP contribution is 2.38. The molecule has 132 valence electrons. The smallest absolute Gasteiger partial charge is 0.320 e. The first-order valence-corrected chi connectivity index (χ1v) is 9.92. The van der Waals surface area contributed by atoms with Crippen molar-refractivity contribution in [2.45, 2.75) is 43.7 Å². The van der Waals surface area contributed by atoms with E-state index in [0.717, 1.165) is 19.4 Å². The molecule has 2 heterocycles. The molecule has 1 aromatic rings. The van der Waals surface area contributed by atoms with Crippen LogP contribution in [0.2, 0.25) is 0 Å². The maximum atomic E-state index is 12.6. The summed E-state index contributed by atoms with van der Waals surface area (Å²) in [6.07, 6.45) is 4.54. The number of pyridine rings is 1. The van der Waals surface area contributed by atoms with Crippen molar-refractivity contribution in [3.05, 3.63) is 24.5 Å². The van der Waals surface area contributed by atoms with Gasteiger partial charge in [-0.25, -0.2) is 17.9 Å². The molecule has 1 saturated carbocycles. The molecule has 3 unspecified atom stereocenters. The molecule has 1 aliphatic carbocycles. The minimum Gasteiger partial charge on any atom is -0.325 e. The number of nitrogens with one attached hydrogen (secondary N) is 1. The molecule has 3 rings (SSSR count). The van der Waals surface area contributed by atoms with Gasteiger partial charge in [0, 0.05) is 38.1 Å². The van der Waals surface area contributed by atoms with E-state index in [4.69, 9.17) is 0 Å². The third-order valence-corrected chi connectivity index (χ3v) is 6.49. The van der Waals surface area contributed by atoms with Crippen LogP contribution in [-0.4, -0.2) is 61.0 Å². The predicted octanol–water partition coefficient (Wildman–Crippen LogP) is 1.28. The normalized spacial score (nSPS) is 25.9. The van der Waals surface area contributed by atoms with Gasteiger partial charge in [-0.1, -0.05) is 0 Å². The van der Waals surface area contributed by atoms with Crippen molar-refractivity contribution >= 4 is 16.1 Å². The SMILES string of the molecule is CCN(CC)C(=O)N1CC2CC(NS(=O)(=O)c3cccnc3)C1C2. The Morgan fingerprint density at radius 3 is 2.71 bits per heavy atom. The zero-order valence-corrected chi connectivity index (χ0v) is 14.9. The van der Waals surface area contributed by atoms with Crippen molar-refractivity contribution in [3.8, 4) is 0 Å². The molecule has 8 heteroatoms. The first-order valence-electron chi connectivity index (χ1n) is 8.44. The minimum atomic E-state index is -3.61. The molecule has 0 spiro atoms. The van der Waals surface area contributed by atoms with E-state index in [1.807, 2.05) is 18.7 Å². The highest BCUT2D eigenvalue weighted by Gasteiger charge is 2.48. The molecule has 2 aliphatic rings. The van der Waals surface area contributed by atoms with E-state index in [-0.39, 0.29) is 23.0 Å². The summed E-state index contributed by atoms with van der Waals surface area (Å²) in [6.45, 7) is 5.96. The van der Waals surface area contributed by atoms with Crippen molar-refractivity contribution in [1.82, 2.24) is 19.5 Å². The number of sulfonamides is 1. The lowest BCUT2D eigenvalue weighted by Crippen LogP contribution is -2.55. The third kappa shape index (κ3) is 3.12. The van der Waals surface area contributed by atoms with Gasteiger partial charge >= 0.3 is 6.03 Å². The zero-order chi connectivity index (χ0) is 17.3. The molecule has 2 bridgehead atoms. The lowest BCUT2D eigenvalue weighted by Gasteiger charge is -2.36. The Hall–Kier alpha value is -1.67. The molecule has 2 amide bonds. The van der Waals surface area contributed by atoms with Crippen molar-refractivity contribution in [1.29, 1.82) is 0 Å². The summed E-state index contributed by atoms with van der Waals surface area (Å²) >= 11 is 0. The number of carbonyl (C=O) groups excluding carboxylic acids is 1. The van der Waals surface area contributed by atoms with E-state index in [0.29, 0.717) is 19.0 Å². The van der Waals surface area contributed by atoms with Gasteiger partial charge in [0.2, 0.25) is 10.0 Å². The van der Waals surface area contributed by atoms with Crippen molar-refractivity contribution < 1.29 is 13.2 Å². The number of aromatic nitrogens is 1. The van der Waals surface area contributed by atoms with Crippen LogP contribution in [0.1, 0.15) is 26.7 Å². The van der Waals surface area contributed by atoms with Gasteiger partial charge in [0.1, 0.15) is 4.90 Å². The van der Waals surface area contributed by atoms with Crippen LogP contribution in [0.25, 0.3) is 0 Å². The largest absolute Gasteiger partial charge is 0.325 e. The summed E-state index contributed by atoms with van der Waals surface area (Å²) in [7, 11) is -3.61. The lowest BCUT2D eigenvalue weighted by atomic mass is 10.1. The second kappa shape index (κ2) is 6.68. The summed E-state index contributed by atoms with van der Waals surface area (Å²) in [5, 5.41) is 0. The van der Waals surface area contributed by atoms with E-state index in [2.05, 4.69) is 9.71 Å². The number of amides is 2. The lowest BCUT2D eigenvalue weighted by molar-refractivity contribution is 0.134. The van der Waals surface area contributed by atoms with Gasteiger partial charge in [0.15, 0.2) is 0 Å². The molecule has 2 fully saturated rings. The Morgan fingerprint density at radius 2 is 2.12 bits per heavy atom. The number of hydrogen-bond donors (Lipinski definition) is 1. The zero-order valence-electron chi connectivity index (χ0n) is 14.1. The Bertz CT molecular complexity index is 691. The second-order valence-corrected chi connectivity index (χ2v) is 8.14. The van der Waals surface area contributed by atoms with E-state index >= 15 is 0 Å². The third-order valence-electron chi connectivity index (χ3n) is 5.01.